The second kappa shape index (κ2) is 7.32. The van der Waals surface area contributed by atoms with Crippen LogP contribution in [0.25, 0.3) is 0 Å². The van der Waals surface area contributed by atoms with Crippen molar-refractivity contribution in [2.75, 3.05) is 29.9 Å². The number of benzene rings is 1. The SMILES string of the molecule is O=C(Nc1cccc(Cn2cccnc2=O)c1)N1CCSCC1. The van der Waals surface area contributed by atoms with E-state index in [1.807, 2.05) is 40.9 Å². The minimum absolute atomic E-state index is 0.0685. The first-order chi connectivity index (χ1) is 11.2. The maximum absolute atomic E-state index is 12.2. The third-order valence-electron chi connectivity index (χ3n) is 3.61. The standard InChI is InChI=1S/C16H18N4O2S/c21-15-17-5-2-6-20(15)12-13-3-1-4-14(11-13)18-16(22)19-7-9-23-10-8-19/h1-6,11H,7-10,12H2,(H,18,22). The monoisotopic (exact) mass is 330 g/mol. The zero-order valence-electron chi connectivity index (χ0n) is 12.6. The summed E-state index contributed by atoms with van der Waals surface area (Å²) in [5.74, 6) is 1.97. The molecule has 0 atom stereocenters. The lowest BCUT2D eigenvalue weighted by atomic mass is 10.2. The van der Waals surface area contributed by atoms with Crippen LogP contribution in [0, 0.1) is 0 Å². The van der Waals surface area contributed by atoms with Gasteiger partial charge in [0.15, 0.2) is 0 Å². The number of amides is 2. The number of thioether (sulfide) groups is 1. The third-order valence-corrected chi connectivity index (χ3v) is 4.55. The summed E-state index contributed by atoms with van der Waals surface area (Å²) >= 11 is 1.87. The molecule has 1 fully saturated rings. The fraction of sp³-hybridized carbons (Fsp3) is 0.312. The van der Waals surface area contributed by atoms with E-state index in [1.165, 1.54) is 10.8 Å². The van der Waals surface area contributed by atoms with Gasteiger partial charge in [0.05, 0.1) is 6.54 Å². The second-order valence-corrected chi connectivity index (χ2v) is 6.48. The number of carbonyl (C=O) groups excluding carboxylic acids is 1. The molecule has 0 saturated carbocycles. The number of rotatable bonds is 3. The molecule has 0 aliphatic carbocycles. The van der Waals surface area contributed by atoms with E-state index in [4.69, 9.17) is 0 Å². The van der Waals surface area contributed by atoms with Gasteiger partial charge in [0.25, 0.3) is 0 Å². The topological polar surface area (TPSA) is 67.2 Å². The molecule has 1 aromatic heterocycles. The average Bonchev–Trinajstić information content (AvgIpc) is 2.58. The van der Waals surface area contributed by atoms with Gasteiger partial charge in [-0.2, -0.15) is 11.8 Å². The van der Waals surface area contributed by atoms with Gasteiger partial charge in [-0.15, -0.1) is 0 Å². The Morgan fingerprint density at radius 1 is 1.26 bits per heavy atom. The molecule has 2 aromatic rings. The fourth-order valence-electron chi connectivity index (χ4n) is 2.42. The smallest absolute Gasteiger partial charge is 0.323 e. The van der Waals surface area contributed by atoms with Gasteiger partial charge >= 0.3 is 11.7 Å². The van der Waals surface area contributed by atoms with Crippen LogP contribution in [-0.2, 0) is 6.54 Å². The third kappa shape index (κ3) is 4.13. The van der Waals surface area contributed by atoms with Crippen LogP contribution in [0.5, 0.6) is 0 Å². The lowest BCUT2D eigenvalue weighted by Gasteiger charge is -2.26. The first-order valence-corrected chi connectivity index (χ1v) is 8.62. The molecule has 0 unspecified atom stereocenters. The minimum atomic E-state index is -0.284. The Labute approximate surface area is 138 Å². The van der Waals surface area contributed by atoms with Gasteiger partial charge in [-0.25, -0.2) is 14.6 Å². The lowest BCUT2D eigenvalue weighted by Crippen LogP contribution is -2.40. The number of carbonyl (C=O) groups is 1. The number of hydrogen-bond donors (Lipinski definition) is 1. The van der Waals surface area contributed by atoms with E-state index in [-0.39, 0.29) is 11.7 Å². The van der Waals surface area contributed by atoms with Crippen LogP contribution in [-0.4, -0.2) is 45.1 Å². The number of nitrogens with one attached hydrogen (secondary N) is 1. The molecular weight excluding hydrogens is 312 g/mol. The van der Waals surface area contributed by atoms with Crippen molar-refractivity contribution in [1.29, 1.82) is 0 Å². The van der Waals surface area contributed by atoms with Gasteiger partial charge in [0.2, 0.25) is 0 Å². The summed E-state index contributed by atoms with van der Waals surface area (Å²) < 4.78 is 1.53. The van der Waals surface area contributed by atoms with Crippen LogP contribution in [0.15, 0.2) is 47.5 Å². The highest BCUT2D eigenvalue weighted by molar-refractivity contribution is 7.99. The average molecular weight is 330 g/mol. The number of anilines is 1. The van der Waals surface area contributed by atoms with E-state index in [2.05, 4.69) is 10.3 Å². The number of urea groups is 1. The van der Waals surface area contributed by atoms with Crippen molar-refractivity contribution in [3.8, 4) is 0 Å². The maximum Gasteiger partial charge on any atom is 0.347 e. The van der Waals surface area contributed by atoms with E-state index >= 15 is 0 Å². The molecule has 1 aliphatic heterocycles. The predicted molar refractivity (Wildman–Crippen MR) is 92.0 cm³/mol. The van der Waals surface area contributed by atoms with E-state index in [0.717, 1.165) is 35.8 Å². The van der Waals surface area contributed by atoms with Crippen molar-refractivity contribution in [2.24, 2.45) is 0 Å². The van der Waals surface area contributed by atoms with Crippen molar-refractivity contribution in [3.05, 3.63) is 58.8 Å². The van der Waals surface area contributed by atoms with Gasteiger partial charge < -0.3 is 10.2 Å². The summed E-state index contributed by atoms with van der Waals surface area (Å²) in [4.78, 5) is 29.5. The lowest BCUT2D eigenvalue weighted by molar-refractivity contribution is 0.217. The summed E-state index contributed by atoms with van der Waals surface area (Å²) in [6.45, 7) is 1.99. The molecule has 120 valence electrons. The van der Waals surface area contributed by atoms with E-state index in [0.29, 0.717) is 6.54 Å². The van der Waals surface area contributed by atoms with Crippen molar-refractivity contribution < 1.29 is 4.79 Å². The molecule has 1 saturated heterocycles. The van der Waals surface area contributed by atoms with Crippen LogP contribution < -0.4 is 11.0 Å². The molecule has 1 aliphatic rings. The van der Waals surface area contributed by atoms with Gasteiger partial charge in [0.1, 0.15) is 0 Å². The number of nitrogens with zero attached hydrogens (tertiary/aromatic N) is 3. The zero-order valence-corrected chi connectivity index (χ0v) is 13.5. The highest BCUT2D eigenvalue weighted by atomic mass is 32.2. The van der Waals surface area contributed by atoms with Crippen molar-refractivity contribution in [1.82, 2.24) is 14.5 Å². The number of hydrogen-bond acceptors (Lipinski definition) is 4. The summed E-state index contributed by atoms with van der Waals surface area (Å²) in [6, 6.07) is 9.19. The molecule has 2 heterocycles. The first-order valence-electron chi connectivity index (χ1n) is 7.46. The molecule has 6 nitrogen and oxygen atoms in total. The van der Waals surface area contributed by atoms with E-state index < -0.39 is 0 Å². The summed E-state index contributed by atoms with van der Waals surface area (Å²) in [7, 11) is 0. The Balaban J connectivity index is 1.68. The van der Waals surface area contributed by atoms with Crippen LogP contribution in [0.1, 0.15) is 5.56 Å². The summed E-state index contributed by atoms with van der Waals surface area (Å²) in [5, 5.41) is 2.93. The van der Waals surface area contributed by atoms with Crippen LogP contribution >= 0.6 is 11.8 Å². The first kappa shape index (κ1) is 15.6. The van der Waals surface area contributed by atoms with Crippen molar-refractivity contribution in [2.45, 2.75) is 6.54 Å². The normalized spacial score (nSPS) is 14.5. The van der Waals surface area contributed by atoms with Gasteiger partial charge in [-0.05, 0) is 23.8 Å². The predicted octanol–water partition coefficient (Wildman–Crippen LogP) is 1.87. The molecule has 0 bridgehead atoms. The van der Waals surface area contributed by atoms with Gasteiger partial charge in [0, 0.05) is 42.7 Å². The Morgan fingerprint density at radius 3 is 2.87 bits per heavy atom. The maximum atomic E-state index is 12.2. The molecule has 1 N–H and O–H groups in total. The molecular formula is C16H18N4O2S. The summed E-state index contributed by atoms with van der Waals surface area (Å²) in [6.07, 6.45) is 3.18. The largest absolute Gasteiger partial charge is 0.347 e. The Morgan fingerprint density at radius 2 is 2.09 bits per heavy atom. The number of aromatic nitrogens is 2. The molecule has 2 amide bonds. The highest BCUT2D eigenvalue weighted by Crippen LogP contribution is 2.14. The van der Waals surface area contributed by atoms with E-state index in [1.54, 1.807) is 12.3 Å². The Bertz CT molecular complexity index is 741. The molecule has 0 radical (unpaired) electrons. The molecule has 23 heavy (non-hydrogen) atoms. The molecule has 3 rings (SSSR count). The van der Waals surface area contributed by atoms with E-state index in [9.17, 15) is 9.59 Å². The minimum Gasteiger partial charge on any atom is -0.323 e. The summed E-state index contributed by atoms with van der Waals surface area (Å²) in [5.41, 5.74) is 1.39. The Kier molecular flexibility index (Phi) is 4.97. The van der Waals surface area contributed by atoms with Gasteiger partial charge in [-0.3, -0.25) is 4.57 Å². The zero-order chi connectivity index (χ0) is 16.1. The van der Waals surface area contributed by atoms with Crippen molar-refractivity contribution in [3.63, 3.8) is 0 Å². The van der Waals surface area contributed by atoms with Crippen LogP contribution in [0.4, 0.5) is 10.5 Å². The van der Waals surface area contributed by atoms with Crippen LogP contribution in [0.2, 0.25) is 0 Å². The second-order valence-electron chi connectivity index (χ2n) is 5.26. The van der Waals surface area contributed by atoms with Crippen LogP contribution in [0.3, 0.4) is 0 Å². The molecule has 0 spiro atoms. The fourth-order valence-corrected chi connectivity index (χ4v) is 3.32. The van der Waals surface area contributed by atoms with Gasteiger partial charge in [-0.1, -0.05) is 12.1 Å². The molecule has 7 heteroatoms. The molecule has 1 aromatic carbocycles. The Hall–Kier alpha value is -2.28. The quantitative estimate of drug-likeness (QED) is 0.933. The van der Waals surface area contributed by atoms with Crippen molar-refractivity contribution >= 4 is 23.5 Å². The highest BCUT2D eigenvalue weighted by Gasteiger charge is 2.16.